The number of hydrogen-bond acceptors (Lipinski definition) is 4. The number of anilines is 3. The molecule has 304 valence electrons. The molecule has 0 bridgehead atoms. The number of para-hydroxylation sites is 3. The van der Waals surface area contributed by atoms with Gasteiger partial charge in [-0.2, -0.15) is 0 Å². The molecular formula is C61H37NO3. The second kappa shape index (κ2) is 14.0. The van der Waals surface area contributed by atoms with E-state index >= 15 is 0 Å². The van der Waals surface area contributed by atoms with Crippen LogP contribution in [0.15, 0.2) is 226 Å². The van der Waals surface area contributed by atoms with Crippen LogP contribution in [-0.2, 0) is 6.42 Å². The highest BCUT2D eigenvalue weighted by atomic mass is 16.3. The van der Waals surface area contributed by atoms with Crippen molar-refractivity contribution in [2.45, 2.75) is 6.42 Å². The molecule has 0 fully saturated rings. The molecule has 65 heavy (non-hydrogen) atoms. The average molecular weight is 832 g/mol. The summed E-state index contributed by atoms with van der Waals surface area (Å²) in [5.74, 6) is 0.858. The zero-order valence-corrected chi connectivity index (χ0v) is 35.1. The second-order valence-corrected chi connectivity index (χ2v) is 17.0. The highest BCUT2D eigenvalue weighted by molar-refractivity contribution is 6.27. The average Bonchev–Trinajstić information content (AvgIpc) is 4.05. The van der Waals surface area contributed by atoms with E-state index in [2.05, 4.69) is 211 Å². The van der Waals surface area contributed by atoms with Crippen molar-refractivity contribution in [2.24, 2.45) is 0 Å². The van der Waals surface area contributed by atoms with Gasteiger partial charge in [0.15, 0.2) is 16.7 Å². The molecule has 0 amide bonds. The quantitative estimate of drug-likeness (QED) is 0.173. The summed E-state index contributed by atoms with van der Waals surface area (Å²) >= 11 is 0. The molecule has 10 aromatic carbocycles. The maximum Gasteiger partial charge on any atom is 0.160 e. The molecule has 14 rings (SSSR count). The fourth-order valence-corrected chi connectivity index (χ4v) is 10.6. The van der Waals surface area contributed by atoms with E-state index in [9.17, 15) is 0 Å². The number of nitrogens with zero attached hydrogens (tertiary/aromatic N) is 1. The van der Waals surface area contributed by atoms with Gasteiger partial charge in [0.25, 0.3) is 0 Å². The van der Waals surface area contributed by atoms with E-state index in [1.807, 2.05) is 6.07 Å². The molecule has 3 aromatic heterocycles. The van der Waals surface area contributed by atoms with Crippen molar-refractivity contribution in [3.8, 4) is 22.3 Å². The molecule has 0 spiro atoms. The van der Waals surface area contributed by atoms with E-state index in [-0.39, 0.29) is 0 Å². The van der Waals surface area contributed by atoms with Crippen molar-refractivity contribution in [1.29, 1.82) is 0 Å². The Morgan fingerprint density at radius 1 is 0.369 bits per heavy atom. The van der Waals surface area contributed by atoms with Crippen LogP contribution in [0.2, 0.25) is 0 Å². The molecule has 1 aliphatic rings. The summed E-state index contributed by atoms with van der Waals surface area (Å²) in [7, 11) is 0. The van der Waals surface area contributed by atoms with Crippen molar-refractivity contribution in [2.75, 3.05) is 4.90 Å². The minimum atomic E-state index is 0.772. The van der Waals surface area contributed by atoms with Crippen LogP contribution in [0.4, 0.5) is 17.1 Å². The van der Waals surface area contributed by atoms with Crippen LogP contribution in [0.3, 0.4) is 0 Å². The third kappa shape index (κ3) is 5.32. The number of rotatable bonds is 5. The maximum atomic E-state index is 7.44. The van der Waals surface area contributed by atoms with Crippen molar-refractivity contribution >= 4 is 99.0 Å². The van der Waals surface area contributed by atoms with Crippen LogP contribution < -0.4 is 4.90 Å². The molecule has 4 heteroatoms. The smallest absolute Gasteiger partial charge is 0.160 e. The summed E-state index contributed by atoms with van der Waals surface area (Å²) < 4.78 is 21.9. The normalized spacial score (nSPS) is 12.6. The molecule has 0 N–H and O–H groups in total. The summed E-state index contributed by atoms with van der Waals surface area (Å²) in [6, 6.07) is 73.1. The van der Waals surface area contributed by atoms with Crippen LogP contribution in [0.25, 0.3) is 104 Å². The fourth-order valence-electron chi connectivity index (χ4n) is 10.6. The zero-order chi connectivity index (χ0) is 42.6. The van der Waals surface area contributed by atoms with E-state index in [4.69, 9.17) is 13.3 Å². The predicted molar refractivity (Wildman–Crippen MR) is 269 cm³/mol. The second-order valence-electron chi connectivity index (χ2n) is 17.0. The summed E-state index contributed by atoms with van der Waals surface area (Å²) in [6.45, 7) is 0. The largest absolute Gasteiger partial charge is 0.454 e. The predicted octanol–water partition coefficient (Wildman–Crippen LogP) is 17.3. The molecule has 1 aliphatic carbocycles. The molecule has 4 nitrogen and oxygen atoms in total. The summed E-state index contributed by atoms with van der Waals surface area (Å²) in [5.41, 5.74) is 14.5. The molecular weight excluding hydrogens is 795 g/mol. The zero-order valence-electron chi connectivity index (χ0n) is 35.1. The number of fused-ring (bicyclic) bond motifs is 15. The molecule has 0 radical (unpaired) electrons. The molecule has 0 saturated carbocycles. The van der Waals surface area contributed by atoms with Gasteiger partial charge in [-0.3, -0.25) is 4.90 Å². The van der Waals surface area contributed by atoms with Crippen molar-refractivity contribution < 1.29 is 13.3 Å². The molecule has 0 atom stereocenters. The molecule has 0 saturated heterocycles. The monoisotopic (exact) mass is 831 g/mol. The minimum absolute atomic E-state index is 0.772. The van der Waals surface area contributed by atoms with Gasteiger partial charge in [-0.25, -0.2) is 0 Å². The standard InChI is InChI=1S/C61H37NO3/c1-3-17-37(18-4-1)45-34-33-39-21-7-10-24-42(39)55-47-28-15-30-50(57(47)64-59(45)55)62(52-36-41-23-9-12-26-44(41)54-46-27-13-14-32-53(46)63-61(52)54)51-31-16-29-48-56-43-25-11-8-22-40(43)35-49(60(56)65-58(48)51)38-19-5-2-6-20-38/h1-32,34-36H,33H2. The van der Waals surface area contributed by atoms with Gasteiger partial charge in [0, 0.05) is 43.6 Å². The SMILES string of the molecule is C1=C(c2ccccc2)c2oc3c(N(c4cccc5c4oc4c(-c6ccccc6)cc6ccccc6c45)c4cc5ccccc5c5c4oc4ccccc45)cccc3c2-c2ccccc2C1. The molecule has 3 heterocycles. The van der Waals surface area contributed by atoms with Crippen LogP contribution in [0, 0.1) is 0 Å². The lowest BCUT2D eigenvalue weighted by molar-refractivity contribution is 0.602. The van der Waals surface area contributed by atoms with Gasteiger partial charge in [0.05, 0.1) is 17.1 Å². The van der Waals surface area contributed by atoms with E-state index in [1.54, 1.807) is 0 Å². The molecule has 13 aromatic rings. The summed E-state index contributed by atoms with van der Waals surface area (Å²) in [4.78, 5) is 2.33. The first-order valence-corrected chi connectivity index (χ1v) is 22.2. The van der Waals surface area contributed by atoms with Crippen molar-refractivity contribution in [3.63, 3.8) is 0 Å². The summed E-state index contributed by atoms with van der Waals surface area (Å²) in [5, 5.41) is 9.83. The number of allylic oxidation sites excluding steroid dienone is 1. The lowest BCUT2D eigenvalue weighted by atomic mass is 9.95. The van der Waals surface area contributed by atoms with E-state index in [1.165, 1.54) is 11.1 Å². The van der Waals surface area contributed by atoms with E-state index < -0.39 is 0 Å². The molecule has 0 unspecified atom stereocenters. The topological polar surface area (TPSA) is 42.7 Å². The lowest BCUT2D eigenvalue weighted by Crippen LogP contribution is -2.11. The van der Waals surface area contributed by atoms with E-state index in [0.29, 0.717) is 0 Å². The Bertz CT molecular complexity index is 4090. The fraction of sp³-hybridized carbons (Fsp3) is 0.0164. The number of hydrogen-bond donors (Lipinski definition) is 0. The molecule has 0 aliphatic heterocycles. The summed E-state index contributed by atoms with van der Waals surface area (Å²) in [6.07, 6.45) is 3.12. The number of furan rings is 3. The van der Waals surface area contributed by atoms with Crippen LogP contribution in [-0.4, -0.2) is 0 Å². The van der Waals surface area contributed by atoms with Crippen LogP contribution in [0.1, 0.15) is 16.9 Å². The Kier molecular flexibility index (Phi) is 7.71. The maximum absolute atomic E-state index is 7.44. The Balaban J connectivity index is 1.14. The van der Waals surface area contributed by atoms with Gasteiger partial charge < -0.3 is 13.3 Å². The Labute approximate surface area is 373 Å². The van der Waals surface area contributed by atoms with Gasteiger partial charge in [-0.15, -0.1) is 0 Å². The third-order valence-corrected chi connectivity index (χ3v) is 13.5. The third-order valence-electron chi connectivity index (χ3n) is 13.5. The van der Waals surface area contributed by atoms with Crippen LogP contribution in [0.5, 0.6) is 0 Å². The van der Waals surface area contributed by atoms with Gasteiger partial charge in [-0.1, -0.05) is 182 Å². The van der Waals surface area contributed by atoms with Gasteiger partial charge in [-0.05, 0) is 80.6 Å². The highest BCUT2D eigenvalue weighted by Gasteiger charge is 2.31. The Morgan fingerprint density at radius 3 is 1.72 bits per heavy atom. The Hall–Kier alpha value is -8.60. The number of benzene rings is 10. The van der Waals surface area contributed by atoms with Crippen molar-refractivity contribution in [3.05, 3.63) is 229 Å². The first kappa shape index (κ1) is 35.9. The van der Waals surface area contributed by atoms with Gasteiger partial charge >= 0.3 is 0 Å². The van der Waals surface area contributed by atoms with E-state index in [0.717, 1.165) is 133 Å². The van der Waals surface area contributed by atoms with Gasteiger partial charge in [0.1, 0.15) is 16.9 Å². The first-order valence-electron chi connectivity index (χ1n) is 22.2. The van der Waals surface area contributed by atoms with Gasteiger partial charge in [0.2, 0.25) is 0 Å². The highest BCUT2D eigenvalue weighted by Crippen LogP contribution is 2.53. The van der Waals surface area contributed by atoms with Crippen molar-refractivity contribution in [1.82, 2.24) is 0 Å². The Morgan fingerprint density at radius 2 is 0.954 bits per heavy atom. The first-order chi connectivity index (χ1) is 32.3. The lowest BCUT2D eigenvalue weighted by Gasteiger charge is -2.26. The van der Waals surface area contributed by atoms with Crippen LogP contribution >= 0.6 is 0 Å². The minimum Gasteiger partial charge on any atom is -0.454 e.